The van der Waals surface area contributed by atoms with Gasteiger partial charge in [-0.15, -0.1) is 52.7 Å². The summed E-state index contributed by atoms with van der Waals surface area (Å²) in [6, 6.07) is 8.93. The van der Waals surface area contributed by atoms with E-state index in [0.717, 1.165) is 23.9 Å². The zero-order valence-corrected chi connectivity index (χ0v) is 27.3. The van der Waals surface area contributed by atoms with Gasteiger partial charge in [0, 0.05) is 37.4 Å². The maximum absolute atomic E-state index is 13.4. The van der Waals surface area contributed by atoms with Crippen molar-refractivity contribution in [3.05, 3.63) is 59.2 Å². The van der Waals surface area contributed by atoms with Crippen LogP contribution in [-0.2, 0) is 0 Å². The highest BCUT2D eigenvalue weighted by atomic mass is 19.4. The summed E-state index contributed by atoms with van der Waals surface area (Å²) in [7, 11) is 2.25. The fourth-order valence-corrected chi connectivity index (χ4v) is 5.75. The summed E-state index contributed by atoms with van der Waals surface area (Å²) in [5.41, 5.74) is -5.25. The Kier molecular flexibility index (Phi) is 9.83. The molecule has 24 heteroatoms. The second kappa shape index (κ2) is 13.8. The van der Waals surface area contributed by atoms with Gasteiger partial charge in [0.1, 0.15) is 58.9 Å². The number of fused-ring (bicyclic) bond motifs is 2. The Morgan fingerprint density at radius 1 is 0.482 bits per heavy atom. The lowest BCUT2D eigenvalue weighted by Crippen LogP contribution is -2.19. The molecule has 12 nitrogen and oxygen atoms in total. The molecule has 0 atom stereocenters. The molecule has 0 aromatic heterocycles. The van der Waals surface area contributed by atoms with Crippen LogP contribution in [-0.4, -0.2) is 39.5 Å². The minimum absolute atomic E-state index is 0.221. The number of alkyl halides is 12. The topological polar surface area (TPSA) is 163 Å². The maximum Gasteiger partial charge on any atom is 0.573 e. The predicted octanol–water partition coefficient (Wildman–Crippen LogP) is 8.86. The van der Waals surface area contributed by atoms with Crippen LogP contribution in [0.4, 0.5) is 75.4 Å². The molecular formula is C32H14F12N8O4. The van der Waals surface area contributed by atoms with E-state index in [1.165, 1.54) is 0 Å². The van der Waals surface area contributed by atoms with Gasteiger partial charge in [-0.2, -0.15) is 21.0 Å². The lowest BCUT2D eigenvalue weighted by molar-refractivity contribution is -0.278. The number of ether oxygens (including phenoxy) is 4. The highest BCUT2D eigenvalue weighted by Gasteiger charge is 2.42. The van der Waals surface area contributed by atoms with E-state index in [-0.39, 0.29) is 12.1 Å². The number of anilines is 4. The van der Waals surface area contributed by atoms with Gasteiger partial charge in [-0.05, 0) is 35.4 Å². The lowest BCUT2D eigenvalue weighted by Gasteiger charge is -2.24. The molecule has 0 radical (unpaired) electrons. The standard InChI is InChI=1S/C32H14F12N8O4/c1-51-25-21(13-3-17(53-29(33,34)35)7-18(4-13)54-30(36,37)38)24-26(52(2)28(50-24)16(11-47)12-48)22(23(25)49-27(51)15(9-45)10-46)14-5-19(55-31(39,40)41)8-20(6-14)56-32(42,43)44/h3-8,49-50H,1-2H3. The SMILES string of the molecule is CN1C(=C(C#N)C#N)Nc2c(-c3cc(OC(F)(F)F)cc(OC(F)(F)F)c3)c3c(c(-c4cc(OC(F)(F)F)cc(OC(F)(F)F)c4)c21)NC(=C(C#N)C#N)N3C. The molecule has 5 rings (SSSR count). The third kappa shape index (κ3) is 8.24. The van der Waals surface area contributed by atoms with Gasteiger partial charge >= 0.3 is 25.4 Å². The second-order valence-corrected chi connectivity index (χ2v) is 11.0. The first-order chi connectivity index (χ1) is 25.9. The third-order valence-electron chi connectivity index (χ3n) is 7.47. The summed E-state index contributed by atoms with van der Waals surface area (Å²) >= 11 is 0. The molecule has 0 unspecified atom stereocenters. The number of nitrogens with zero attached hydrogens (tertiary/aromatic N) is 6. The van der Waals surface area contributed by atoms with E-state index in [2.05, 4.69) is 29.6 Å². The van der Waals surface area contributed by atoms with Crippen molar-refractivity contribution in [1.29, 1.82) is 21.0 Å². The number of allylic oxidation sites excluding steroid dienone is 2. The number of rotatable bonds is 6. The summed E-state index contributed by atoms with van der Waals surface area (Å²) in [4.78, 5) is 1.94. The molecular weight excluding hydrogens is 788 g/mol. The van der Waals surface area contributed by atoms with Crippen LogP contribution in [0, 0.1) is 45.3 Å². The highest BCUT2D eigenvalue weighted by Crippen LogP contribution is 2.61. The van der Waals surface area contributed by atoms with Gasteiger partial charge in [-0.1, -0.05) is 0 Å². The molecule has 0 saturated carbocycles. The van der Waals surface area contributed by atoms with Crippen LogP contribution in [0.15, 0.2) is 59.2 Å². The molecule has 3 aromatic carbocycles. The molecule has 2 N–H and O–H groups in total. The van der Waals surface area contributed by atoms with E-state index in [1.54, 1.807) is 24.3 Å². The molecule has 0 saturated heterocycles. The zero-order valence-electron chi connectivity index (χ0n) is 27.3. The number of benzene rings is 3. The smallest absolute Gasteiger partial charge is 0.406 e. The van der Waals surface area contributed by atoms with Gasteiger partial charge in [0.15, 0.2) is 11.1 Å². The van der Waals surface area contributed by atoms with Crippen molar-refractivity contribution < 1.29 is 71.6 Å². The van der Waals surface area contributed by atoms with Crippen LogP contribution >= 0.6 is 0 Å². The van der Waals surface area contributed by atoms with Crippen molar-refractivity contribution in [2.24, 2.45) is 0 Å². The fraction of sp³-hybridized carbons (Fsp3) is 0.188. The van der Waals surface area contributed by atoms with Gasteiger partial charge in [0.05, 0.1) is 22.7 Å². The number of nitriles is 4. The third-order valence-corrected chi connectivity index (χ3v) is 7.47. The number of hydrogen-bond donors (Lipinski definition) is 2. The highest BCUT2D eigenvalue weighted by molar-refractivity contribution is 6.16. The molecule has 290 valence electrons. The van der Waals surface area contributed by atoms with Crippen LogP contribution in [0.1, 0.15) is 0 Å². The molecule has 0 aliphatic carbocycles. The summed E-state index contributed by atoms with van der Waals surface area (Å²) in [6.07, 6.45) is -22.0. The Hall–Kier alpha value is -7.34. The Labute approximate surface area is 304 Å². The summed E-state index contributed by atoms with van der Waals surface area (Å²) in [5, 5.41) is 44.1. The van der Waals surface area contributed by atoms with E-state index >= 15 is 0 Å². The monoisotopic (exact) mass is 802 g/mol. The first-order valence-corrected chi connectivity index (χ1v) is 14.5. The molecule has 0 spiro atoms. The van der Waals surface area contributed by atoms with Crippen LogP contribution in [0.3, 0.4) is 0 Å². The van der Waals surface area contributed by atoms with Crippen LogP contribution < -0.4 is 39.4 Å². The van der Waals surface area contributed by atoms with E-state index in [4.69, 9.17) is 0 Å². The van der Waals surface area contributed by atoms with E-state index in [1.807, 2.05) is 0 Å². The first-order valence-electron chi connectivity index (χ1n) is 14.5. The van der Waals surface area contributed by atoms with Crippen molar-refractivity contribution in [1.82, 2.24) is 0 Å². The minimum atomic E-state index is -5.49. The van der Waals surface area contributed by atoms with Gasteiger partial charge in [-0.25, -0.2) is 0 Å². The lowest BCUT2D eigenvalue weighted by atomic mass is 9.91. The van der Waals surface area contributed by atoms with Gasteiger partial charge in [-0.3, -0.25) is 0 Å². The van der Waals surface area contributed by atoms with E-state index in [0.29, 0.717) is 24.3 Å². The molecule has 2 heterocycles. The van der Waals surface area contributed by atoms with Crippen molar-refractivity contribution in [3.8, 4) is 69.5 Å². The minimum Gasteiger partial charge on any atom is -0.406 e. The Morgan fingerprint density at radius 3 is 0.946 bits per heavy atom. The summed E-state index contributed by atoms with van der Waals surface area (Å²) in [5.74, 6) is -6.03. The Morgan fingerprint density at radius 2 is 0.732 bits per heavy atom. The zero-order chi connectivity index (χ0) is 41.7. The Bertz CT molecular complexity index is 2110. The van der Waals surface area contributed by atoms with Gasteiger partial charge in [0.25, 0.3) is 0 Å². The molecule has 56 heavy (non-hydrogen) atoms. The quantitative estimate of drug-likeness (QED) is 0.180. The average Bonchev–Trinajstić information content (AvgIpc) is 3.54. The Balaban J connectivity index is 2.02. The number of halogens is 12. The van der Waals surface area contributed by atoms with Crippen molar-refractivity contribution in [2.45, 2.75) is 25.4 Å². The summed E-state index contributed by atoms with van der Waals surface area (Å²) < 4.78 is 177. The number of hydrogen-bond acceptors (Lipinski definition) is 12. The van der Waals surface area contributed by atoms with Gasteiger partial charge in [0.2, 0.25) is 0 Å². The van der Waals surface area contributed by atoms with Crippen molar-refractivity contribution >= 4 is 22.7 Å². The molecule has 2 aliphatic heterocycles. The second-order valence-electron chi connectivity index (χ2n) is 11.0. The largest absolute Gasteiger partial charge is 0.573 e. The predicted molar refractivity (Wildman–Crippen MR) is 165 cm³/mol. The van der Waals surface area contributed by atoms with Crippen molar-refractivity contribution in [3.63, 3.8) is 0 Å². The number of nitrogens with one attached hydrogen (secondary N) is 2. The normalized spacial score (nSPS) is 13.6. The van der Waals surface area contributed by atoms with E-state index in [9.17, 15) is 73.7 Å². The van der Waals surface area contributed by atoms with E-state index < -0.39 is 116 Å². The molecule has 0 bridgehead atoms. The first kappa shape index (κ1) is 39.9. The fourth-order valence-electron chi connectivity index (χ4n) is 5.75. The molecule has 0 fully saturated rings. The average molecular weight is 802 g/mol. The van der Waals surface area contributed by atoms with Crippen LogP contribution in [0.2, 0.25) is 0 Å². The molecule has 3 aromatic rings. The maximum atomic E-state index is 13.4. The summed E-state index contributed by atoms with van der Waals surface area (Å²) in [6.45, 7) is 0. The van der Waals surface area contributed by atoms with Gasteiger partial charge < -0.3 is 39.4 Å². The van der Waals surface area contributed by atoms with Crippen LogP contribution in [0.5, 0.6) is 23.0 Å². The van der Waals surface area contributed by atoms with Crippen LogP contribution in [0.25, 0.3) is 22.3 Å². The molecule has 2 aliphatic rings. The van der Waals surface area contributed by atoms with Crippen molar-refractivity contribution in [2.75, 3.05) is 34.5 Å². The molecule has 0 amide bonds.